The van der Waals surface area contributed by atoms with Crippen LogP contribution in [0.2, 0.25) is 0 Å². The predicted octanol–water partition coefficient (Wildman–Crippen LogP) is 3.95. The second-order valence-electron chi connectivity index (χ2n) is 8.08. The van der Waals surface area contributed by atoms with Gasteiger partial charge in [-0.3, -0.25) is 14.5 Å². The SMILES string of the molecule is Cc1ccc(-n2c(C)cc(C(=O)CN(C)Cc3nc4ccccc4c(=O)[nH]3)c2C)cc1. The van der Waals surface area contributed by atoms with Gasteiger partial charge in [-0.25, -0.2) is 4.98 Å². The molecule has 0 aliphatic carbocycles. The van der Waals surface area contributed by atoms with E-state index in [1.165, 1.54) is 5.56 Å². The molecule has 2 heterocycles. The summed E-state index contributed by atoms with van der Waals surface area (Å²) in [6, 6.07) is 17.5. The molecule has 0 saturated heterocycles. The van der Waals surface area contributed by atoms with E-state index >= 15 is 0 Å². The van der Waals surface area contributed by atoms with Crippen molar-refractivity contribution in [1.29, 1.82) is 0 Å². The van der Waals surface area contributed by atoms with Crippen molar-refractivity contribution in [2.75, 3.05) is 13.6 Å². The molecule has 6 nitrogen and oxygen atoms in total. The van der Waals surface area contributed by atoms with Gasteiger partial charge in [0.2, 0.25) is 0 Å². The quantitative estimate of drug-likeness (QED) is 0.485. The van der Waals surface area contributed by atoms with Crippen molar-refractivity contribution in [3.05, 3.63) is 93.3 Å². The molecule has 158 valence electrons. The molecule has 0 unspecified atom stereocenters. The Bertz CT molecular complexity index is 1320. The predicted molar refractivity (Wildman–Crippen MR) is 123 cm³/mol. The lowest BCUT2D eigenvalue weighted by Gasteiger charge is -2.15. The molecule has 4 aromatic rings. The summed E-state index contributed by atoms with van der Waals surface area (Å²) in [7, 11) is 1.85. The number of likely N-dealkylation sites (N-methyl/N-ethyl adjacent to an activating group) is 1. The molecule has 31 heavy (non-hydrogen) atoms. The third-order valence-electron chi connectivity index (χ3n) is 5.52. The van der Waals surface area contributed by atoms with Crippen LogP contribution in [0, 0.1) is 20.8 Å². The Morgan fingerprint density at radius 2 is 1.77 bits per heavy atom. The fraction of sp³-hybridized carbons (Fsp3) is 0.240. The van der Waals surface area contributed by atoms with Crippen LogP contribution >= 0.6 is 0 Å². The molecule has 0 radical (unpaired) electrons. The van der Waals surface area contributed by atoms with E-state index in [-0.39, 0.29) is 17.9 Å². The van der Waals surface area contributed by atoms with Crippen molar-refractivity contribution in [1.82, 2.24) is 19.4 Å². The largest absolute Gasteiger partial charge is 0.318 e. The third-order valence-corrected chi connectivity index (χ3v) is 5.52. The Kier molecular flexibility index (Phi) is 5.57. The molecule has 0 spiro atoms. The summed E-state index contributed by atoms with van der Waals surface area (Å²) in [6.45, 7) is 6.65. The summed E-state index contributed by atoms with van der Waals surface area (Å²) in [5.74, 6) is 0.584. The molecule has 0 saturated carbocycles. The number of aryl methyl sites for hydroxylation is 2. The summed E-state index contributed by atoms with van der Waals surface area (Å²) in [4.78, 5) is 34.5. The number of aromatic amines is 1. The highest BCUT2D eigenvalue weighted by Crippen LogP contribution is 2.22. The molecular formula is C25H26N4O2. The lowest BCUT2D eigenvalue weighted by Crippen LogP contribution is -2.28. The standard InChI is InChI=1S/C25H26N4O2/c1-16-9-11-19(12-10-16)29-17(2)13-21(18(29)3)23(30)14-28(4)15-24-26-22-8-6-5-7-20(22)25(31)27-24/h5-13H,14-15H2,1-4H3,(H,26,27,31). The number of ketones is 1. The molecule has 0 bridgehead atoms. The van der Waals surface area contributed by atoms with Crippen molar-refractivity contribution >= 4 is 16.7 Å². The number of Topliss-reactive ketones (excluding diaryl/α,β-unsaturated/α-hetero) is 1. The van der Waals surface area contributed by atoms with Gasteiger partial charge in [0, 0.05) is 22.6 Å². The molecule has 1 N–H and O–H groups in total. The first-order valence-electron chi connectivity index (χ1n) is 10.3. The number of nitrogens with zero attached hydrogens (tertiary/aromatic N) is 3. The summed E-state index contributed by atoms with van der Waals surface area (Å²) < 4.78 is 2.11. The highest BCUT2D eigenvalue weighted by molar-refractivity contribution is 5.99. The number of aromatic nitrogens is 3. The van der Waals surface area contributed by atoms with Crippen LogP contribution in [-0.2, 0) is 6.54 Å². The van der Waals surface area contributed by atoms with E-state index in [2.05, 4.69) is 45.7 Å². The van der Waals surface area contributed by atoms with Crippen molar-refractivity contribution in [3.63, 3.8) is 0 Å². The molecule has 0 amide bonds. The fourth-order valence-corrected chi connectivity index (χ4v) is 3.99. The minimum Gasteiger partial charge on any atom is -0.318 e. The topological polar surface area (TPSA) is 71.0 Å². The van der Waals surface area contributed by atoms with Crippen molar-refractivity contribution in [3.8, 4) is 5.69 Å². The molecule has 4 rings (SSSR count). The number of rotatable bonds is 6. The van der Waals surface area contributed by atoms with E-state index in [1.807, 2.05) is 50.1 Å². The maximum Gasteiger partial charge on any atom is 0.258 e. The van der Waals surface area contributed by atoms with E-state index in [4.69, 9.17) is 0 Å². The van der Waals surface area contributed by atoms with Gasteiger partial charge in [-0.15, -0.1) is 0 Å². The number of fused-ring (bicyclic) bond motifs is 1. The summed E-state index contributed by atoms with van der Waals surface area (Å²) in [6.07, 6.45) is 0. The summed E-state index contributed by atoms with van der Waals surface area (Å²) >= 11 is 0. The lowest BCUT2D eigenvalue weighted by molar-refractivity contribution is 0.0941. The average Bonchev–Trinajstić information content (AvgIpc) is 3.03. The Hall–Kier alpha value is -3.51. The zero-order valence-electron chi connectivity index (χ0n) is 18.3. The number of nitrogens with one attached hydrogen (secondary N) is 1. The van der Waals surface area contributed by atoms with Gasteiger partial charge in [0.1, 0.15) is 5.82 Å². The number of benzene rings is 2. The Labute approximate surface area is 181 Å². The van der Waals surface area contributed by atoms with Crippen molar-refractivity contribution in [2.24, 2.45) is 0 Å². The van der Waals surface area contributed by atoms with E-state index in [0.717, 1.165) is 17.1 Å². The molecular weight excluding hydrogens is 388 g/mol. The second kappa shape index (κ2) is 8.32. The minimum absolute atomic E-state index is 0.0390. The van der Waals surface area contributed by atoms with Crippen LogP contribution in [0.3, 0.4) is 0 Å². The number of hydrogen-bond donors (Lipinski definition) is 1. The van der Waals surface area contributed by atoms with Gasteiger partial charge >= 0.3 is 0 Å². The molecule has 0 aliphatic heterocycles. The highest BCUT2D eigenvalue weighted by atomic mass is 16.1. The Morgan fingerprint density at radius 1 is 1.06 bits per heavy atom. The first-order chi connectivity index (χ1) is 14.8. The van der Waals surface area contributed by atoms with E-state index < -0.39 is 0 Å². The maximum absolute atomic E-state index is 13.0. The summed E-state index contributed by atoms with van der Waals surface area (Å²) in [5, 5.41) is 0.563. The zero-order valence-corrected chi connectivity index (χ0v) is 18.3. The van der Waals surface area contributed by atoms with Crippen LogP contribution in [0.5, 0.6) is 0 Å². The summed E-state index contributed by atoms with van der Waals surface area (Å²) in [5.41, 5.74) is 5.40. The molecule has 2 aromatic heterocycles. The van der Waals surface area contributed by atoms with Crippen LogP contribution in [0.4, 0.5) is 0 Å². The number of carbonyl (C=O) groups excluding carboxylic acids is 1. The molecule has 2 aromatic carbocycles. The van der Waals surface area contributed by atoms with Crippen molar-refractivity contribution < 1.29 is 4.79 Å². The van der Waals surface area contributed by atoms with Gasteiger partial charge in [0.05, 0.1) is 24.0 Å². The van der Waals surface area contributed by atoms with E-state index in [0.29, 0.717) is 28.8 Å². The number of H-pyrrole nitrogens is 1. The van der Waals surface area contributed by atoms with Gasteiger partial charge in [-0.1, -0.05) is 29.8 Å². The van der Waals surface area contributed by atoms with Crippen LogP contribution in [0.25, 0.3) is 16.6 Å². The van der Waals surface area contributed by atoms with Gasteiger partial charge in [0.25, 0.3) is 5.56 Å². The Morgan fingerprint density at radius 3 is 2.52 bits per heavy atom. The van der Waals surface area contributed by atoms with Crippen LogP contribution in [0.1, 0.15) is 33.1 Å². The molecule has 6 heteroatoms. The molecule has 0 fully saturated rings. The van der Waals surface area contributed by atoms with E-state index in [9.17, 15) is 9.59 Å². The first-order valence-corrected chi connectivity index (χ1v) is 10.3. The van der Waals surface area contributed by atoms with Crippen LogP contribution < -0.4 is 5.56 Å². The smallest absolute Gasteiger partial charge is 0.258 e. The van der Waals surface area contributed by atoms with Crippen LogP contribution in [0.15, 0.2) is 59.4 Å². The van der Waals surface area contributed by atoms with E-state index in [1.54, 1.807) is 6.07 Å². The second-order valence-corrected chi connectivity index (χ2v) is 8.08. The molecule has 0 atom stereocenters. The maximum atomic E-state index is 13.0. The number of carbonyl (C=O) groups is 1. The van der Waals surface area contributed by atoms with Gasteiger partial charge < -0.3 is 9.55 Å². The van der Waals surface area contributed by atoms with Gasteiger partial charge in [-0.05, 0) is 58.2 Å². The normalized spacial score (nSPS) is 11.4. The monoisotopic (exact) mass is 414 g/mol. The zero-order chi connectivity index (χ0) is 22.1. The minimum atomic E-state index is -0.165. The first kappa shape index (κ1) is 20.8. The Balaban J connectivity index is 1.53. The number of para-hydroxylation sites is 1. The average molecular weight is 415 g/mol. The third kappa shape index (κ3) is 4.20. The van der Waals surface area contributed by atoms with Crippen LogP contribution in [-0.4, -0.2) is 38.8 Å². The molecule has 0 aliphatic rings. The number of hydrogen-bond acceptors (Lipinski definition) is 4. The van der Waals surface area contributed by atoms with Crippen molar-refractivity contribution in [2.45, 2.75) is 27.3 Å². The highest BCUT2D eigenvalue weighted by Gasteiger charge is 2.18. The van der Waals surface area contributed by atoms with Gasteiger partial charge in [-0.2, -0.15) is 0 Å². The lowest BCUT2D eigenvalue weighted by atomic mass is 10.1. The van der Waals surface area contributed by atoms with Gasteiger partial charge in [0.15, 0.2) is 5.78 Å². The fourth-order valence-electron chi connectivity index (χ4n) is 3.99.